The van der Waals surface area contributed by atoms with Gasteiger partial charge in [0, 0.05) is 5.56 Å². The Morgan fingerprint density at radius 2 is 1.31 bits per heavy atom. The van der Waals surface area contributed by atoms with E-state index in [9.17, 15) is 4.79 Å². The van der Waals surface area contributed by atoms with Crippen LogP contribution < -0.4 is 33.8 Å². The van der Waals surface area contributed by atoms with Gasteiger partial charge in [-0.25, -0.2) is 0 Å². The van der Waals surface area contributed by atoms with E-state index >= 15 is 0 Å². The summed E-state index contributed by atoms with van der Waals surface area (Å²) in [5.41, 5.74) is 1.17. The van der Waals surface area contributed by atoms with Crippen molar-refractivity contribution in [1.29, 1.82) is 0 Å². The van der Waals surface area contributed by atoms with E-state index in [1.54, 1.807) is 33.3 Å². The van der Waals surface area contributed by atoms with Crippen molar-refractivity contribution in [3.8, 4) is 34.5 Å². The molecule has 170 valence electrons. The van der Waals surface area contributed by atoms with Gasteiger partial charge in [-0.15, -0.1) is 0 Å². The Bertz CT molecular complexity index is 1220. The van der Waals surface area contributed by atoms with Gasteiger partial charge in [0.15, 0.2) is 28.3 Å². The lowest BCUT2D eigenvalue weighted by molar-refractivity contribution is 0.306. The third-order valence-corrected chi connectivity index (χ3v) is 5.08. The highest BCUT2D eigenvalue weighted by Gasteiger charge is 2.28. The van der Waals surface area contributed by atoms with Gasteiger partial charge >= 0.3 is 0 Å². The summed E-state index contributed by atoms with van der Waals surface area (Å²) in [6, 6.07) is 5.48. The lowest BCUT2D eigenvalue weighted by atomic mass is 10.1. The minimum Gasteiger partial charge on any atom is -0.493 e. The maximum Gasteiger partial charge on any atom is 0.211 e. The van der Waals surface area contributed by atoms with Crippen molar-refractivity contribution in [1.82, 2.24) is 0 Å². The Morgan fingerprint density at radius 3 is 1.88 bits per heavy atom. The minimum atomic E-state index is -0.269. The fraction of sp³-hybridized carbons (Fsp3) is 0.292. The molecule has 0 aliphatic heterocycles. The molecule has 0 fully saturated rings. The molecule has 0 amide bonds. The number of rotatable bonds is 8. The molecule has 0 spiro atoms. The highest BCUT2D eigenvalue weighted by molar-refractivity contribution is 5.95. The summed E-state index contributed by atoms with van der Waals surface area (Å²) in [6.45, 7) is 1.68. The van der Waals surface area contributed by atoms with Crippen molar-refractivity contribution in [3.63, 3.8) is 0 Å². The summed E-state index contributed by atoms with van der Waals surface area (Å²) >= 11 is 0. The quantitative estimate of drug-likeness (QED) is 0.510. The molecule has 0 atom stereocenters. The fourth-order valence-corrected chi connectivity index (χ4v) is 3.47. The predicted molar refractivity (Wildman–Crippen MR) is 122 cm³/mol. The van der Waals surface area contributed by atoms with Gasteiger partial charge in [0.05, 0.1) is 42.7 Å². The number of hydrogen-bond acceptors (Lipinski definition) is 8. The van der Waals surface area contributed by atoms with Crippen LogP contribution in [-0.2, 0) is 0 Å². The first kappa shape index (κ1) is 22.9. The highest BCUT2D eigenvalue weighted by Crippen LogP contribution is 2.50. The first-order valence-electron chi connectivity index (χ1n) is 9.69. The van der Waals surface area contributed by atoms with Crippen molar-refractivity contribution < 1.29 is 32.8 Å². The van der Waals surface area contributed by atoms with Gasteiger partial charge in [0.1, 0.15) is 11.1 Å². The van der Waals surface area contributed by atoms with E-state index in [1.807, 2.05) is 18.2 Å². The van der Waals surface area contributed by atoms with Gasteiger partial charge in [-0.2, -0.15) is 0 Å². The maximum absolute atomic E-state index is 13.3. The topological polar surface area (TPSA) is 85.6 Å². The summed E-state index contributed by atoms with van der Waals surface area (Å²) < 4.78 is 38.6. The van der Waals surface area contributed by atoms with E-state index in [2.05, 4.69) is 0 Å². The van der Waals surface area contributed by atoms with Crippen molar-refractivity contribution in [3.05, 3.63) is 45.3 Å². The van der Waals surface area contributed by atoms with E-state index < -0.39 is 0 Å². The Morgan fingerprint density at radius 1 is 0.719 bits per heavy atom. The molecule has 0 bridgehead atoms. The Balaban J connectivity index is 2.25. The lowest BCUT2D eigenvalue weighted by Crippen LogP contribution is -2.11. The van der Waals surface area contributed by atoms with Crippen LogP contribution in [0.2, 0.25) is 0 Å². The summed E-state index contributed by atoms with van der Waals surface area (Å²) in [5.74, 6) is 2.54. The molecular weight excluding hydrogens is 416 g/mol. The van der Waals surface area contributed by atoms with Crippen molar-refractivity contribution in [2.24, 2.45) is 0 Å². The fourth-order valence-electron chi connectivity index (χ4n) is 3.47. The van der Waals surface area contributed by atoms with Crippen LogP contribution in [0, 0.1) is 6.92 Å². The van der Waals surface area contributed by atoms with Gasteiger partial charge in [0.2, 0.25) is 17.2 Å². The number of methoxy groups -OCH3 is 6. The van der Waals surface area contributed by atoms with Crippen LogP contribution in [-0.4, -0.2) is 42.7 Å². The average Bonchev–Trinajstić information content (AvgIpc) is 2.83. The summed E-state index contributed by atoms with van der Waals surface area (Å²) in [4.78, 5) is 13.3. The molecule has 0 radical (unpaired) electrons. The van der Waals surface area contributed by atoms with E-state index in [-0.39, 0.29) is 39.4 Å². The van der Waals surface area contributed by atoms with Crippen LogP contribution in [0.25, 0.3) is 23.1 Å². The average molecular weight is 442 g/mol. The zero-order valence-electron chi connectivity index (χ0n) is 19.2. The van der Waals surface area contributed by atoms with Gasteiger partial charge in [-0.1, -0.05) is 12.1 Å². The van der Waals surface area contributed by atoms with Crippen LogP contribution in [0.5, 0.6) is 34.5 Å². The van der Waals surface area contributed by atoms with Gasteiger partial charge in [-0.3, -0.25) is 4.79 Å². The normalized spacial score (nSPS) is 11.0. The largest absolute Gasteiger partial charge is 0.493 e. The van der Waals surface area contributed by atoms with Crippen molar-refractivity contribution >= 4 is 23.1 Å². The van der Waals surface area contributed by atoms with Crippen molar-refractivity contribution in [2.45, 2.75) is 6.92 Å². The zero-order valence-corrected chi connectivity index (χ0v) is 19.2. The molecule has 0 unspecified atom stereocenters. The molecule has 32 heavy (non-hydrogen) atoms. The van der Waals surface area contributed by atoms with Crippen LogP contribution >= 0.6 is 0 Å². The second-order valence-electron chi connectivity index (χ2n) is 6.71. The van der Waals surface area contributed by atoms with Crippen LogP contribution in [0.3, 0.4) is 0 Å². The smallest absolute Gasteiger partial charge is 0.211 e. The monoisotopic (exact) mass is 442 g/mol. The second-order valence-corrected chi connectivity index (χ2v) is 6.71. The molecule has 8 nitrogen and oxygen atoms in total. The molecule has 0 aliphatic rings. The number of fused-ring (bicyclic) bond motifs is 1. The third-order valence-electron chi connectivity index (χ3n) is 5.08. The first-order chi connectivity index (χ1) is 15.4. The predicted octanol–water partition coefficient (Wildman–Crippen LogP) is 4.32. The molecule has 0 saturated carbocycles. The number of ether oxygens (including phenoxy) is 6. The SMILES string of the molecule is COc1ccc(/C=C/c2oc3c(OC)c(OC)c(OC)c(OC)c3c(=O)c2C)cc1OC. The molecule has 1 heterocycles. The van der Waals surface area contributed by atoms with Crippen LogP contribution in [0.1, 0.15) is 16.9 Å². The summed E-state index contributed by atoms with van der Waals surface area (Å²) in [5, 5.41) is 0.211. The molecular formula is C24H26O8. The zero-order chi connectivity index (χ0) is 23.4. The molecule has 8 heteroatoms. The Kier molecular flexibility index (Phi) is 6.82. The lowest BCUT2D eigenvalue weighted by Gasteiger charge is -2.18. The van der Waals surface area contributed by atoms with E-state index in [1.165, 1.54) is 28.4 Å². The molecule has 0 aliphatic carbocycles. The molecule has 2 aromatic carbocycles. The molecule has 1 aromatic heterocycles. The minimum absolute atomic E-state index is 0.199. The third kappa shape index (κ3) is 3.79. The molecule has 3 aromatic rings. The Labute approximate surface area is 185 Å². The number of benzene rings is 2. The molecule has 3 rings (SSSR count). The van der Waals surface area contributed by atoms with E-state index in [0.29, 0.717) is 22.8 Å². The van der Waals surface area contributed by atoms with E-state index in [0.717, 1.165) is 5.56 Å². The highest BCUT2D eigenvalue weighted by atomic mass is 16.5. The summed E-state index contributed by atoms with van der Waals surface area (Å²) in [7, 11) is 8.98. The molecule has 0 saturated heterocycles. The van der Waals surface area contributed by atoms with Crippen LogP contribution in [0.4, 0.5) is 0 Å². The maximum atomic E-state index is 13.3. The van der Waals surface area contributed by atoms with Gasteiger partial charge < -0.3 is 32.8 Å². The number of hydrogen-bond donors (Lipinski definition) is 0. The standard InChI is InChI=1S/C24H26O8/c1-13-15(10-8-14-9-11-16(26-2)17(12-14)27-3)32-21-18(19(13)25)20(28-4)22(29-5)24(31-7)23(21)30-6/h8-12H,1-7H3/b10-8+. The Hall–Kier alpha value is -3.81. The second kappa shape index (κ2) is 9.55. The first-order valence-corrected chi connectivity index (χ1v) is 9.69. The van der Waals surface area contributed by atoms with Gasteiger partial charge in [0.25, 0.3) is 0 Å². The van der Waals surface area contributed by atoms with Gasteiger partial charge in [-0.05, 0) is 30.7 Å². The van der Waals surface area contributed by atoms with Crippen molar-refractivity contribution in [2.75, 3.05) is 42.7 Å². The molecule has 0 N–H and O–H groups in total. The van der Waals surface area contributed by atoms with E-state index in [4.69, 9.17) is 32.8 Å². The summed E-state index contributed by atoms with van der Waals surface area (Å²) in [6.07, 6.45) is 3.52. The van der Waals surface area contributed by atoms with Crippen LogP contribution in [0.15, 0.2) is 27.4 Å².